The van der Waals surface area contributed by atoms with Gasteiger partial charge in [-0.05, 0) is 55.4 Å². The van der Waals surface area contributed by atoms with E-state index in [9.17, 15) is 0 Å². The van der Waals surface area contributed by atoms with E-state index in [1.54, 1.807) is 0 Å². The molecule has 1 saturated carbocycles. The van der Waals surface area contributed by atoms with Crippen LogP contribution in [0.2, 0.25) is 0 Å². The molecule has 1 aliphatic carbocycles. The van der Waals surface area contributed by atoms with E-state index in [1.165, 1.54) is 41.0 Å². The third-order valence-electron chi connectivity index (χ3n) is 3.72. The highest BCUT2D eigenvalue weighted by atomic mass is 79.9. The van der Waals surface area contributed by atoms with E-state index in [0.717, 1.165) is 5.33 Å². The topological polar surface area (TPSA) is 0 Å². The molecule has 0 N–H and O–H groups in total. The van der Waals surface area contributed by atoms with Gasteiger partial charge in [0.05, 0.1) is 0 Å². The Balaban J connectivity index is 1.96. The maximum atomic E-state index is 3.67. The average molecular weight is 299 g/mol. The molecule has 2 rings (SSSR count). The summed E-state index contributed by atoms with van der Waals surface area (Å²) in [5.74, 6) is 1.26. The van der Waals surface area contributed by atoms with Gasteiger partial charge in [0, 0.05) is 16.0 Å². The highest BCUT2D eigenvalue weighted by molar-refractivity contribution is 9.09. The van der Waals surface area contributed by atoms with Crippen molar-refractivity contribution < 1.29 is 0 Å². The average Bonchev–Trinajstić information content (AvgIpc) is 2.22. The van der Waals surface area contributed by atoms with Crippen molar-refractivity contribution in [1.82, 2.24) is 0 Å². The Labute approximate surface area is 111 Å². The second-order valence-corrected chi connectivity index (χ2v) is 6.63. The third kappa shape index (κ3) is 2.65. The number of alkyl halides is 1. The molecule has 1 aliphatic rings. The molecule has 88 valence electrons. The predicted octanol–water partition coefficient (Wildman–Crippen LogP) is 4.96. The molecule has 16 heavy (non-hydrogen) atoms. The molecule has 0 radical (unpaired) electrons. The lowest BCUT2D eigenvalue weighted by atomic mass is 9.72. The highest BCUT2D eigenvalue weighted by Gasteiger charge is 2.35. The molecule has 0 spiro atoms. The van der Waals surface area contributed by atoms with Gasteiger partial charge in [-0.3, -0.25) is 0 Å². The Morgan fingerprint density at radius 3 is 2.50 bits per heavy atom. The summed E-state index contributed by atoms with van der Waals surface area (Å²) in [7, 11) is 0. The molecule has 0 heterocycles. The highest BCUT2D eigenvalue weighted by Crippen LogP contribution is 2.46. The van der Waals surface area contributed by atoms with Crippen molar-refractivity contribution >= 4 is 27.7 Å². The molecular weight excluding hydrogens is 280 g/mol. The van der Waals surface area contributed by atoms with Gasteiger partial charge < -0.3 is 0 Å². The fourth-order valence-electron chi connectivity index (χ4n) is 2.03. The number of benzene rings is 1. The predicted molar refractivity (Wildman–Crippen MR) is 76.7 cm³/mol. The van der Waals surface area contributed by atoms with Crippen LogP contribution in [0.1, 0.15) is 30.4 Å². The molecule has 0 unspecified atom stereocenters. The van der Waals surface area contributed by atoms with Crippen LogP contribution < -0.4 is 0 Å². The number of hydrogen-bond donors (Lipinski definition) is 0. The lowest BCUT2D eigenvalue weighted by Gasteiger charge is -2.40. The molecule has 0 saturated heterocycles. The Hall–Kier alpha value is 0.0500. The summed E-state index contributed by atoms with van der Waals surface area (Å²) in [5.41, 5.74) is 3.39. The van der Waals surface area contributed by atoms with Gasteiger partial charge in [0.15, 0.2) is 0 Å². The van der Waals surface area contributed by atoms with E-state index in [4.69, 9.17) is 0 Å². The molecule has 0 nitrogen and oxygen atoms in total. The first-order valence-electron chi connectivity index (χ1n) is 5.91. The minimum absolute atomic E-state index is 0.587. The summed E-state index contributed by atoms with van der Waals surface area (Å²) >= 11 is 5.69. The molecule has 2 heteroatoms. The fourth-order valence-corrected chi connectivity index (χ4v) is 4.34. The lowest BCUT2D eigenvalue weighted by Crippen LogP contribution is -2.33. The van der Waals surface area contributed by atoms with Gasteiger partial charge in [-0.1, -0.05) is 28.4 Å². The molecule has 1 aromatic carbocycles. The largest absolute Gasteiger partial charge is 0.126 e. The van der Waals surface area contributed by atoms with E-state index in [1.807, 2.05) is 11.8 Å². The molecular formula is C14H19BrS. The number of hydrogen-bond acceptors (Lipinski definition) is 1. The van der Waals surface area contributed by atoms with Gasteiger partial charge >= 0.3 is 0 Å². The van der Waals surface area contributed by atoms with Gasteiger partial charge in [0.1, 0.15) is 0 Å². The molecule has 0 aliphatic heterocycles. The van der Waals surface area contributed by atoms with Crippen LogP contribution in [0, 0.1) is 19.3 Å². The Morgan fingerprint density at radius 1 is 1.25 bits per heavy atom. The second kappa shape index (κ2) is 5.14. The Morgan fingerprint density at radius 2 is 2.00 bits per heavy atom. The van der Waals surface area contributed by atoms with Crippen molar-refractivity contribution in [2.75, 3.05) is 11.1 Å². The fraction of sp³-hybridized carbons (Fsp3) is 0.571. The first-order valence-corrected chi connectivity index (χ1v) is 8.02. The number of halogens is 1. The quantitative estimate of drug-likeness (QED) is 0.559. The van der Waals surface area contributed by atoms with Crippen molar-refractivity contribution in [3.63, 3.8) is 0 Å². The zero-order chi connectivity index (χ0) is 11.6. The van der Waals surface area contributed by atoms with Crippen molar-refractivity contribution in [2.45, 2.75) is 38.0 Å². The van der Waals surface area contributed by atoms with E-state index in [-0.39, 0.29) is 0 Å². The number of rotatable bonds is 4. The standard InChI is InChI=1S/C14H19BrS/c1-11-4-5-13(8-12(11)2)16-10-14(9-15)6-3-7-14/h4-5,8H,3,6-7,9-10H2,1-2H3. The van der Waals surface area contributed by atoms with Crippen LogP contribution in [0.3, 0.4) is 0 Å². The van der Waals surface area contributed by atoms with Crippen LogP contribution >= 0.6 is 27.7 Å². The summed E-state index contributed by atoms with van der Waals surface area (Å²) in [4.78, 5) is 1.43. The first-order chi connectivity index (χ1) is 7.65. The van der Waals surface area contributed by atoms with Crippen LogP contribution in [-0.4, -0.2) is 11.1 Å². The molecule has 0 atom stereocenters. The van der Waals surface area contributed by atoms with Crippen LogP contribution in [-0.2, 0) is 0 Å². The van der Waals surface area contributed by atoms with Crippen molar-refractivity contribution in [3.8, 4) is 0 Å². The molecule has 0 aromatic heterocycles. The van der Waals surface area contributed by atoms with Crippen molar-refractivity contribution in [1.29, 1.82) is 0 Å². The van der Waals surface area contributed by atoms with Crippen molar-refractivity contribution in [3.05, 3.63) is 29.3 Å². The maximum absolute atomic E-state index is 3.67. The molecule has 1 fully saturated rings. The minimum Gasteiger partial charge on any atom is -0.126 e. The van der Waals surface area contributed by atoms with E-state index in [0.29, 0.717) is 5.41 Å². The van der Waals surface area contributed by atoms with Gasteiger partial charge in [-0.25, -0.2) is 0 Å². The lowest BCUT2D eigenvalue weighted by molar-refractivity contribution is 0.206. The van der Waals surface area contributed by atoms with Gasteiger partial charge in [-0.2, -0.15) is 0 Å². The zero-order valence-electron chi connectivity index (χ0n) is 10.1. The van der Waals surface area contributed by atoms with Crippen LogP contribution in [0.5, 0.6) is 0 Å². The van der Waals surface area contributed by atoms with Crippen LogP contribution in [0.25, 0.3) is 0 Å². The zero-order valence-corrected chi connectivity index (χ0v) is 12.5. The Bertz CT molecular complexity index is 363. The minimum atomic E-state index is 0.587. The SMILES string of the molecule is Cc1ccc(SCC2(CBr)CCC2)cc1C. The van der Waals surface area contributed by atoms with Crippen LogP contribution in [0.4, 0.5) is 0 Å². The van der Waals surface area contributed by atoms with Gasteiger partial charge in [0.2, 0.25) is 0 Å². The number of thioether (sulfide) groups is 1. The molecule has 0 amide bonds. The normalized spacial score (nSPS) is 18.2. The summed E-state index contributed by atoms with van der Waals surface area (Å²) < 4.78 is 0. The van der Waals surface area contributed by atoms with E-state index >= 15 is 0 Å². The molecule has 1 aromatic rings. The summed E-state index contributed by atoms with van der Waals surface area (Å²) in [6.07, 6.45) is 4.21. The smallest absolute Gasteiger partial charge is 0.00959 e. The third-order valence-corrected chi connectivity index (χ3v) is 6.25. The monoisotopic (exact) mass is 298 g/mol. The summed E-state index contributed by atoms with van der Waals surface area (Å²) in [5, 5.41) is 1.16. The summed E-state index contributed by atoms with van der Waals surface area (Å²) in [6, 6.07) is 6.81. The maximum Gasteiger partial charge on any atom is 0.00959 e. The number of aryl methyl sites for hydroxylation is 2. The van der Waals surface area contributed by atoms with Gasteiger partial charge in [0.25, 0.3) is 0 Å². The first kappa shape index (κ1) is 12.5. The van der Waals surface area contributed by atoms with Gasteiger partial charge in [-0.15, -0.1) is 11.8 Å². The van der Waals surface area contributed by atoms with E-state index < -0.39 is 0 Å². The van der Waals surface area contributed by atoms with Crippen LogP contribution in [0.15, 0.2) is 23.1 Å². The summed E-state index contributed by atoms with van der Waals surface area (Å²) in [6.45, 7) is 4.37. The molecule has 0 bridgehead atoms. The van der Waals surface area contributed by atoms with Crippen molar-refractivity contribution in [2.24, 2.45) is 5.41 Å². The Kier molecular flexibility index (Phi) is 4.01. The van der Waals surface area contributed by atoms with E-state index in [2.05, 4.69) is 48.0 Å². The second-order valence-electron chi connectivity index (χ2n) is 5.02.